The first-order chi connectivity index (χ1) is 11.2. The van der Waals surface area contributed by atoms with Gasteiger partial charge in [-0.1, -0.05) is 66.7 Å². The molecule has 3 atom stereocenters. The average Bonchev–Trinajstić information content (AvgIpc) is 2.61. The van der Waals surface area contributed by atoms with E-state index >= 15 is 0 Å². The van der Waals surface area contributed by atoms with Gasteiger partial charge in [0.15, 0.2) is 0 Å². The van der Waals surface area contributed by atoms with E-state index in [1.54, 1.807) is 0 Å². The molecule has 4 nitrogen and oxygen atoms in total. The van der Waals surface area contributed by atoms with Crippen LogP contribution in [0.1, 0.15) is 29.4 Å². The smallest absolute Gasteiger partial charge is 0.231 e. The van der Waals surface area contributed by atoms with Crippen LogP contribution in [0.4, 0.5) is 0 Å². The molecule has 116 valence electrons. The Kier molecular flexibility index (Phi) is 4.33. The van der Waals surface area contributed by atoms with Crippen LogP contribution >= 0.6 is 0 Å². The van der Waals surface area contributed by atoms with Gasteiger partial charge in [0.2, 0.25) is 6.04 Å². The molecular weight excluding hydrogens is 290 g/mol. The lowest BCUT2D eigenvalue weighted by Gasteiger charge is -2.31. The molecule has 0 N–H and O–H groups in total. The monoisotopic (exact) mass is 307 g/mol. The van der Waals surface area contributed by atoms with E-state index < -0.39 is 12.0 Å². The Morgan fingerprint density at radius 2 is 1.52 bits per heavy atom. The second-order valence-electron chi connectivity index (χ2n) is 5.74. The summed E-state index contributed by atoms with van der Waals surface area (Å²) < 4.78 is 0. The number of hydrogen-bond acceptors (Lipinski definition) is 3. The average molecular weight is 307 g/mol. The number of carbonyl (C=O) groups is 1. The molecule has 1 aliphatic rings. The molecule has 2 aromatic rings. The van der Waals surface area contributed by atoms with E-state index in [-0.39, 0.29) is 10.8 Å². The second kappa shape index (κ2) is 6.57. The lowest BCUT2D eigenvalue weighted by Crippen LogP contribution is -2.37. The van der Waals surface area contributed by atoms with Crippen molar-refractivity contribution in [2.75, 3.05) is 0 Å². The second-order valence-corrected chi connectivity index (χ2v) is 5.74. The summed E-state index contributed by atoms with van der Waals surface area (Å²) in [5, 5.41) is 11.8. The standard InChI is InChI=1S/C19H17NO3/c21-13-16-11-12-17(14-7-3-1-4-8-14)19(20(22)23)18(16)15-9-5-2-6-10-15/h1-11,13,17-19H,12H2/t17-,18+,19?/m0/s1. The van der Waals surface area contributed by atoms with Crippen molar-refractivity contribution in [2.45, 2.75) is 24.3 Å². The third-order valence-electron chi connectivity index (χ3n) is 4.49. The van der Waals surface area contributed by atoms with Crippen LogP contribution in [0.3, 0.4) is 0 Å². The number of allylic oxidation sites excluding steroid dienone is 1. The van der Waals surface area contributed by atoms with Gasteiger partial charge in [-0.3, -0.25) is 14.9 Å². The van der Waals surface area contributed by atoms with Crippen LogP contribution in [0.15, 0.2) is 72.3 Å². The van der Waals surface area contributed by atoms with Crippen molar-refractivity contribution in [1.82, 2.24) is 0 Å². The summed E-state index contributed by atoms with van der Waals surface area (Å²) in [5.74, 6) is -0.747. The van der Waals surface area contributed by atoms with Crippen molar-refractivity contribution < 1.29 is 9.72 Å². The minimum atomic E-state index is -0.843. The maximum absolute atomic E-state index is 11.8. The Bertz CT molecular complexity index is 725. The van der Waals surface area contributed by atoms with E-state index in [1.165, 1.54) is 0 Å². The van der Waals surface area contributed by atoms with Gasteiger partial charge in [0.25, 0.3) is 0 Å². The van der Waals surface area contributed by atoms with Crippen LogP contribution in [0.2, 0.25) is 0 Å². The summed E-state index contributed by atoms with van der Waals surface area (Å²) >= 11 is 0. The number of carbonyl (C=O) groups excluding carboxylic acids is 1. The number of rotatable bonds is 4. The summed E-state index contributed by atoms with van der Waals surface area (Å²) in [5.41, 5.74) is 2.26. The molecule has 0 saturated heterocycles. The third kappa shape index (κ3) is 2.93. The molecule has 0 bridgehead atoms. The molecule has 1 unspecified atom stereocenters. The van der Waals surface area contributed by atoms with Crippen LogP contribution in [-0.2, 0) is 4.79 Å². The first-order valence-corrected chi connectivity index (χ1v) is 7.61. The predicted octanol–water partition coefficient (Wildman–Crippen LogP) is 3.73. The number of hydrogen-bond donors (Lipinski definition) is 0. The maximum atomic E-state index is 11.8. The molecule has 3 rings (SSSR count). The zero-order valence-corrected chi connectivity index (χ0v) is 12.5. The Balaban J connectivity index is 2.10. The Morgan fingerprint density at radius 1 is 0.957 bits per heavy atom. The van der Waals surface area contributed by atoms with Gasteiger partial charge in [-0.05, 0) is 17.5 Å². The molecule has 0 heterocycles. The molecule has 0 fully saturated rings. The summed E-state index contributed by atoms with van der Waals surface area (Å²) in [7, 11) is 0. The van der Waals surface area contributed by atoms with E-state index in [0.717, 1.165) is 17.4 Å². The summed E-state index contributed by atoms with van der Waals surface area (Å²) in [6.07, 6.45) is 3.12. The minimum Gasteiger partial charge on any atom is -0.298 e. The highest BCUT2D eigenvalue weighted by atomic mass is 16.6. The van der Waals surface area contributed by atoms with Gasteiger partial charge in [-0.25, -0.2) is 0 Å². The third-order valence-corrected chi connectivity index (χ3v) is 4.49. The number of nitrogens with zero attached hydrogens (tertiary/aromatic N) is 1. The normalized spacial score (nSPS) is 23.8. The van der Waals surface area contributed by atoms with Crippen molar-refractivity contribution in [3.8, 4) is 0 Å². The SMILES string of the molecule is O=CC1=CC[C@@H](c2ccccc2)C([N+](=O)[O-])[C@@H]1c1ccccc1. The lowest BCUT2D eigenvalue weighted by atomic mass is 9.71. The number of nitro groups is 1. The van der Waals surface area contributed by atoms with Gasteiger partial charge in [-0.2, -0.15) is 0 Å². The zero-order chi connectivity index (χ0) is 16.2. The fourth-order valence-corrected chi connectivity index (χ4v) is 3.43. The van der Waals surface area contributed by atoms with Gasteiger partial charge in [-0.15, -0.1) is 0 Å². The molecule has 0 aliphatic heterocycles. The summed E-state index contributed by atoms with van der Waals surface area (Å²) in [4.78, 5) is 23.1. The molecular formula is C19H17NO3. The van der Waals surface area contributed by atoms with Crippen LogP contribution in [-0.4, -0.2) is 17.3 Å². The predicted molar refractivity (Wildman–Crippen MR) is 87.9 cm³/mol. The molecule has 0 spiro atoms. The van der Waals surface area contributed by atoms with Crippen LogP contribution in [0, 0.1) is 10.1 Å². The Labute approximate surface area is 134 Å². The molecule has 0 aromatic heterocycles. The molecule has 2 aromatic carbocycles. The van der Waals surface area contributed by atoms with Gasteiger partial charge >= 0.3 is 0 Å². The molecule has 0 amide bonds. The molecule has 23 heavy (non-hydrogen) atoms. The number of aldehydes is 1. The molecule has 0 radical (unpaired) electrons. The fourth-order valence-electron chi connectivity index (χ4n) is 3.43. The quantitative estimate of drug-likeness (QED) is 0.491. The Morgan fingerprint density at radius 3 is 2.04 bits per heavy atom. The highest BCUT2D eigenvalue weighted by Gasteiger charge is 2.44. The van der Waals surface area contributed by atoms with Crippen LogP contribution in [0.25, 0.3) is 0 Å². The highest BCUT2D eigenvalue weighted by molar-refractivity contribution is 5.77. The lowest BCUT2D eigenvalue weighted by molar-refractivity contribution is -0.530. The van der Waals surface area contributed by atoms with Crippen molar-refractivity contribution in [1.29, 1.82) is 0 Å². The molecule has 0 saturated carbocycles. The minimum absolute atomic E-state index is 0.230. The molecule has 4 heteroatoms. The van der Waals surface area contributed by atoms with Gasteiger partial charge in [0.05, 0.1) is 11.8 Å². The van der Waals surface area contributed by atoms with Gasteiger partial charge in [0.1, 0.15) is 6.29 Å². The van der Waals surface area contributed by atoms with Gasteiger partial charge in [0, 0.05) is 10.5 Å². The first kappa shape index (κ1) is 15.2. The highest BCUT2D eigenvalue weighted by Crippen LogP contribution is 2.42. The zero-order valence-electron chi connectivity index (χ0n) is 12.5. The van der Waals surface area contributed by atoms with Crippen LogP contribution in [0.5, 0.6) is 0 Å². The van der Waals surface area contributed by atoms with Crippen LogP contribution < -0.4 is 0 Å². The van der Waals surface area contributed by atoms with E-state index in [9.17, 15) is 14.9 Å². The van der Waals surface area contributed by atoms with Crippen molar-refractivity contribution in [3.05, 3.63) is 93.6 Å². The van der Waals surface area contributed by atoms with Crippen molar-refractivity contribution in [2.24, 2.45) is 0 Å². The van der Waals surface area contributed by atoms with Crippen molar-refractivity contribution in [3.63, 3.8) is 0 Å². The summed E-state index contributed by atoms with van der Waals surface area (Å²) in [6.45, 7) is 0. The van der Waals surface area contributed by atoms with Crippen molar-refractivity contribution >= 4 is 6.29 Å². The molecule has 1 aliphatic carbocycles. The van der Waals surface area contributed by atoms with E-state index in [0.29, 0.717) is 12.0 Å². The van der Waals surface area contributed by atoms with E-state index in [4.69, 9.17) is 0 Å². The summed E-state index contributed by atoms with van der Waals surface area (Å²) in [6, 6.07) is 17.9. The topological polar surface area (TPSA) is 60.2 Å². The first-order valence-electron chi connectivity index (χ1n) is 7.61. The van der Waals surface area contributed by atoms with E-state index in [1.807, 2.05) is 66.7 Å². The van der Waals surface area contributed by atoms with E-state index in [2.05, 4.69) is 0 Å². The maximum Gasteiger partial charge on any atom is 0.231 e. The number of benzene rings is 2. The Hall–Kier alpha value is -2.75. The van der Waals surface area contributed by atoms with Gasteiger partial charge < -0.3 is 0 Å². The largest absolute Gasteiger partial charge is 0.298 e. The fraction of sp³-hybridized carbons (Fsp3) is 0.211.